The molecule has 2 aromatic carbocycles. The summed E-state index contributed by atoms with van der Waals surface area (Å²) < 4.78 is 15.2. The summed E-state index contributed by atoms with van der Waals surface area (Å²) in [5, 5.41) is 2.86. The van der Waals surface area contributed by atoms with Gasteiger partial charge in [-0.15, -0.1) is 0 Å². The van der Waals surface area contributed by atoms with Crippen LogP contribution in [0.2, 0.25) is 0 Å². The largest absolute Gasteiger partial charge is 0.367 e. The van der Waals surface area contributed by atoms with Crippen molar-refractivity contribution in [2.24, 2.45) is 0 Å². The lowest BCUT2D eigenvalue weighted by molar-refractivity contribution is 0.102. The summed E-state index contributed by atoms with van der Waals surface area (Å²) in [7, 11) is 2.06. The average Bonchev–Trinajstić information content (AvgIpc) is 2.60. The molecule has 0 saturated carbocycles. The Morgan fingerprint density at radius 2 is 1.84 bits per heavy atom. The smallest absolute Gasteiger partial charge is 0.255 e. The number of hydrogen-bond donors (Lipinski definition) is 1. The lowest BCUT2D eigenvalue weighted by Crippen LogP contribution is -2.44. The fraction of sp³-hybridized carbons (Fsp3) is 0.316. The van der Waals surface area contributed by atoms with Crippen LogP contribution in [0.25, 0.3) is 0 Å². The van der Waals surface area contributed by atoms with Gasteiger partial charge in [0.05, 0.1) is 5.69 Å². The minimum absolute atomic E-state index is 0.202. The minimum atomic E-state index is -0.262. The number of likely N-dealkylation sites (N-methyl/N-ethyl adjacent to an activating group) is 1. The van der Waals surface area contributed by atoms with Gasteiger partial charge in [0.2, 0.25) is 0 Å². The van der Waals surface area contributed by atoms with E-state index in [1.165, 1.54) is 6.07 Å². The molecule has 0 aliphatic carbocycles. The van der Waals surface area contributed by atoms with Crippen LogP contribution in [0, 0.1) is 12.7 Å². The molecule has 1 N–H and O–H groups in total. The molecule has 1 amide bonds. The molecule has 1 heterocycles. The number of carbonyl (C=O) groups is 1. The van der Waals surface area contributed by atoms with E-state index in [0.29, 0.717) is 16.9 Å². The number of amides is 1. The fourth-order valence-corrected chi connectivity index (χ4v) is 3.12. The van der Waals surface area contributed by atoms with Crippen molar-refractivity contribution in [2.75, 3.05) is 43.4 Å². The molecule has 4 nitrogen and oxygen atoms in total. The fourth-order valence-electron chi connectivity index (χ4n) is 2.87. The van der Waals surface area contributed by atoms with E-state index in [1.807, 2.05) is 24.0 Å². The summed E-state index contributed by atoms with van der Waals surface area (Å²) in [4.78, 5) is 16.7. The van der Waals surface area contributed by atoms with Crippen molar-refractivity contribution in [2.45, 2.75) is 6.92 Å². The Balaban J connectivity index is 1.77. The van der Waals surface area contributed by atoms with Crippen molar-refractivity contribution in [3.63, 3.8) is 0 Å². The number of halogens is 2. The molecule has 1 aliphatic rings. The van der Waals surface area contributed by atoms with Crippen LogP contribution in [-0.4, -0.2) is 44.0 Å². The maximum Gasteiger partial charge on any atom is 0.255 e. The van der Waals surface area contributed by atoms with Gasteiger partial charge in [-0.25, -0.2) is 4.39 Å². The van der Waals surface area contributed by atoms with E-state index in [0.717, 1.165) is 36.2 Å². The van der Waals surface area contributed by atoms with E-state index in [4.69, 9.17) is 0 Å². The quantitative estimate of drug-likeness (QED) is 0.840. The van der Waals surface area contributed by atoms with E-state index in [1.54, 1.807) is 18.2 Å². The van der Waals surface area contributed by atoms with Crippen molar-refractivity contribution >= 4 is 33.2 Å². The van der Waals surface area contributed by atoms with Gasteiger partial charge in [-0.05, 0) is 55.9 Å². The highest BCUT2D eigenvalue weighted by atomic mass is 79.9. The molecule has 0 radical (unpaired) electrons. The maximum atomic E-state index is 14.2. The monoisotopic (exact) mass is 405 g/mol. The standard InChI is InChI=1S/C19H21BrFN3O/c1-13-11-14(3-5-16(13)20)19(25)22-15-4-6-17(21)18(12-15)24-9-7-23(2)8-10-24/h3-6,11-12H,7-10H2,1-2H3,(H,22,25). The third-order valence-corrected chi connectivity index (χ3v) is 5.36. The van der Waals surface area contributed by atoms with Gasteiger partial charge in [-0.1, -0.05) is 15.9 Å². The topological polar surface area (TPSA) is 35.6 Å². The summed E-state index contributed by atoms with van der Waals surface area (Å²) in [5.74, 6) is -0.464. The number of hydrogen-bond acceptors (Lipinski definition) is 3. The minimum Gasteiger partial charge on any atom is -0.367 e. The summed E-state index contributed by atoms with van der Waals surface area (Å²) >= 11 is 3.43. The highest BCUT2D eigenvalue weighted by Crippen LogP contribution is 2.25. The van der Waals surface area contributed by atoms with E-state index in [2.05, 4.69) is 33.2 Å². The van der Waals surface area contributed by atoms with Crippen LogP contribution >= 0.6 is 15.9 Å². The van der Waals surface area contributed by atoms with Crippen LogP contribution in [0.4, 0.5) is 15.8 Å². The molecule has 25 heavy (non-hydrogen) atoms. The van der Waals surface area contributed by atoms with Crippen molar-refractivity contribution in [1.29, 1.82) is 0 Å². The molecule has 1 saturated heterocycles. The summed E-state index contributed by atoms with van der Waals surface area (Å²) in [6, 6.07) is 10.2. The number of benzene rings is 2. The first kappa shape index (κ1) is 17.9. The van der Waals surface area contributed by atoms with Crippen LogP contribution in [0.3, 0.4) is 0 Å². The molecule has 2 aromatic rings. The molecule has 0 unspecified atom stereocenters. The lowest BCUT2D eigenvalue weighted by atomic mass is 10.1. The number of nitrogens with one attached hydrogen (secondary N) is 1. The second-order valence-electron chi connectivity index (χ2n) is 6.37. The van der Waals surface area contributed by atoms with Crippen molar-refractivity contribution in [3.8, 4) is 0 Å². The molecular formula is C19H21BrFN3O. The Morgan fingerprint density at radius 3 is 2.52 bits per heavy atom. The van der Waals surface area contributed by atoms with E-state index < -0.39 is 0 Å². The first-order valence-electron chi connectivity index (χ1n) is 8.24. The van der Waals surface area contributed by atoms with Crippen molar-refractivity contribution in [3.05, 3.63) is 57.8 Å². The number of carbonyl (C=O) groups excluding carboxylic acids is 1. The highest BCUT2D eigenvalue weighted by molar-refractivity contribution is 9.10. The molecule has 0 spiro atoms. The molecule has 6 heteroatoms. The molecule has 1 aliphatic heterocycles. The van der Waals surface area contributed by atoms with E-state index in [9.17, 15) is 9.18 Å². The van der Waals surface area contributed by atoms with Crippen LogP contribution in [0.5, 0.6) is 0 Å². The normalized spacial score (nSPS) is 15.3. The predicted molar refractivity (Wildman–Crippen MR) is 103 cm³/mol. The number of piperazine rings is 1. The van der Waals surface area contributed by atoms with E-state index >= 15 is 0 Å². The third-order valence-electron chi connectivity index (χ3n) is 4.47. The van der Waals surface area contributed by atoms with Crippen LogP contribution in [0.15, 0.2) is 40.9 Å². The summed E-state index contributed by atoms with van der Waals surface area (Å²) in [6.07, 6.45) is 0. The van der Waals surface area contributed by atoms with Gasteiger partial charge in [0.15, 0.2) is 0 Å². The van der Waals surface area contributed by atoms with Gasteiger partial charge in [0, 0.05) is 41.9 Å². The maximum absolute atomic E-state index is 14.2. The van der Waals surface area contributed by atoms with E-state index in [-0.39, 0.29) is 11.7 Å². The molecule has 0 atom stereocenters. The lowest BCUT2D eigenvalue weighted by Gasteiger charge is -2.34. The highest BCUT2D eigenvalue weighted by Gasteiger charge is 2.18. The van der Waals surface area contributed by atoms with Gasteiger partial charge in [0.25, 0.3) is 5.91 Å². The average molecular weight is 406 g/mol. The molecule has 3 rings (SSSR count). The number of anilines is 2. The molecule has 0 aromatic heterocycles. The van der Waals surface area contributed by atoms with Crippen LogP contribution in [0.1, 0.15) is 15.9 Å². The van der Waals surface area contributed by atoms with Gasteiger partial charge >= 0.3 is 0 Å². The molecule has 0 bridgehead atoms. The summed E-state index contributed by atoms with van der Waals surface area (Å²) in [5.41, 5.74) is 2.70. The zero-order chi connectivity index (χ0) is 18.0. The van der Waals surface area contributed by atoms with Crippen LogP contribution < -0.4 is 10.2 Å². The third kappa shape index (κ3) is 4.19. The second-order valence-corrected chi connectivity index (χ2v) is 7.23. The Hall–Kier alpha value is -1.92. The number of aryl methyl sites for hydroxylation is 1. The van der Waals surface area contributed by atoms with Gasteiger partial charge < -0.3 is 15.1 Å². The Morgan fingerprint density at radius 1 is 1.12 bits per heavy atom. The molecule has 1 fully saturated rings. The number of rotatable bonds is 3. The Bertz CT molecular complexity index is 788. The summed E-state index contributed by atoms with van der Waals surface area (Å²) in [6.45, 7) is 5.28. The predicted octanol–water partition coefficient (Wildman–Crippen LogP) is 3.90. The van der Waals surface area contributed by atoms with Gasteiger partial charge in [0.1, 0.15) is 5.82 Å². The first-order chi connectivity index (χ1) is 11.9. The Kier molecular flexibility index (Phi) is 5.39. The van der Waals surface area contributed by atoms with Gasteiger partial charge in [-0.3, -0.25) is 4.79 Å². The second kappa shape index (κ2) is 7.54. The zero-order valence-corrected chi connectivity index (χ0v) is 15.9. The zero-order valence-electron chi connectivity index (χ0n) is 14.4. The molecule has 132 valence electrons. The van der Waals surface area contributed by atoms with Crippen molar-refractivity contribution in [1.82, 2.24) is 4.90 Å². The van der Waals surface area contributed by atoms with Gasteiger partial charge in [-0.2, -0.15) is 0 Å². The Labute approximate surface area is 155 Å². The van der Waals surface area contributed by atoms with Crippen LogP contribution in [-0.2, 0) is 0 Å². The van der Waals surface area contributed by atoms with Crippen molar-refractivity contribution < 1.29 is 9.18 Å². The SMILES string of the molecule is Cc1cc(C(=O)Nc2ccc(F)c(N3CCN(C)CC3)c2)ccc1Br. The molecular weight excluding hydrogens is 385 g/mol. The number of nitrogens with zero attached hydrogens (tertiary/aromatic N) is 2. The first-order valence-corrected chi connectivity index (χ1v) is 9.04.